The van der Waals surface area contributed by atoms with Gasteiger partial charge in [0.1, 0.15) is 10.7 Å². The molecule has 0 aliphatic heterocycles. The predicted octanol–water partition coefficient (Wildman–Crippen LogP) is 4.89. The molecule has 0 saturated carbocycles. The topological polar surface area (TPSA) is 103 Å². The van der Waals surface area contributed by atoms with E-state index in [0.717, 1.165) is 10.8 Å². The Morgan fingerprint density at radius 1 is 1.30 bits per heavy atom. The third kappa shape index (κ3) is 3.42. The molecule has 0 unspecified atom stereocenters. The SMILES string of the molecule is O=C(c1ccc([N+](=O)[O-])o1)N(Cc1ccco1)c1nc2ccc(Cl)cc2s1. The van der Waals surface area contributed by atoms with Crippen LogP contribution in [-0.2, 0) is 6.54 Å². The summed E-state index contributed by atoms with van der Waals surface area (Å²) in [4.78, 5) is 28.9. The third-order valence-electron chi connectivity index (χ3n) is 3.69. The van der Waals surface area contributed by atoms with Crippen LogP contribution in [0.4, 0.5) is 11.0 Å². The average molecular weight is 404 g/mol. The molecule has 1 aromatic carbocycles. The smallest absolute Gasteiger partial charge is 0.433 e. The zero-order chi connectivity index (χ0) is 19.0. The lowest BCUT2D eigenvalue weighted by atomic mass is 10.3. The quantitative estimate of drug-likeness (QED) is 0.347. The Balaban J connectivity index is 1.75. The standard InChI is InChI=1S/C17H10ClN3O5S/c18-10-3-4-12-14(8-10)27-17(19-12)20(9-11-2-1-7-25-11)16(22)13-5-6-15(26-13)21(23)24/h1-8H,9H2. The van der Waals surface area contributed by atoms with Crippen LogP contribution in [0.3, 0.4) is 0 Å². The second kappa shape index (κ2) is 6.86. The summed E-state index contributed by atoms with van der Waals surface area (Å²) < 4.78 is 11.2. The predicted molar refractivity (Wildman–Crippen MR) is 99.2 cm³/mol. The van der Waals surface area contributed by atoms with Crippen LogP contribution in [0.25, 0.3) is 10.2 Å². The lowest BCUT2D eigenvalue weighted by molar-refractivity contribution is -0.402. The zero-order valence-corrected chi connectivity index (χ0v) is 15.1. The Bertz CT molecular complexity index is 1130. The number of amides is 1. The molecular weight excluding hydrogens is 394 g/mol. The fourth-order valence-corrected chi connectivity index (χ4v) is 3.70. The summed E-state index contributed by atoms with van der Waals surface area (Å²) in [6.45, 7) is 0.0912. The van der Waals surface area contributed by atoms with Crippen LogP contribution in [0.5, 0.6) is 0 Å². The van der Waals surface area contributed by atoms with E-state index < -0.39 is 16.7 Å². The molecule has 0 N–H and O–H groups in total. The van der Waals surface area contributed by atoms with E-state index in [-0.39, 0.29) is 12.3 Å². The number of nitro groups is 1. The van der Waals surface area contributed by atoms with Crippen LogP contribution in [0.1, 0.15) is 16.3 Å². The van der Waals surface area contributed by atoms with E-state index in [0.29, 0.717) is 21.4 Å². The number of carbonyl (C=O) groups excluding carboxylic acids is 1. The highest BCUT2D eigenvalue weighted by molar-refractivity contribution is 7.22. The number of aromatic nitrogens is 1. The molecule has 136 valence electrons. The highest BCUT2D eigenvalue weighted by Crippen LogP contribution is 2.33. The Labute approximate surface area is 160 Å². The average Bonchev–Trinajstić information content (AvgIpc) is 3.37. The molecule has 27 heavy (non-hydrogen) atoms. The molecule has 4 rings (SSSR count). The van der Waals surface area contributed by atoms with Crippen LogP contribution in [-0.4, -0.2) is 15.8 Å². The van der Waals surface area contributed by atoms with Crippen molar-refractivity contribution in [2.75, 3.05) is 4.90 Å². The van der Waals surface area contributed by atoms with E-state index in [1.807, 2.05) is 0 Å². The van der Waals surface area contributed by atoms with Gasteiger partial charge in [0, 0.05) is 5.02 Å². The van der Waals surface area contributed by atoms with Crippen LogP contribution >= 0.6 is 22.9 Å². The van der Waals surface area contributed by atoms with Crippen molar-refractivity contribution in [2.45, 2.75) is 6.54 Å². The number of anilines is 1. The van der Waals surface area contributed by atoms with Gasteiger partial charge in [-0.15, -0.1) is 0 Å². The molecule has 0 spiro atoms. The van der Waals surface area contributed by atoms with Crippen molar-refractivity contribution in [3.8, 4) is 0 Å². The Hall–Kier alpha value is -3.17. The van der Waals surface area contributed by atoms with Crippen LogP contribution < -0.4 is 4.90 Å². The zero-order valence-electron chi connectivity index (χ0n) is 13.5. The molecule has 0 aliphatic rings. The van der Waals surface area contributed by atoms with E-state index in [1.165, 1.54) is 28.6 Å². The summed E-state index contributed by atoms with van der Waals surface area (Å²) in [6.07, 6.45) is 1.49. The number of nitrogens with zero attached hydrogens (tertiary/aromatic N) is 3. The lowest BCUT2D eigenvalue weighted by Gasteiger charge is -2.17. The maximum absolute atomic E-state index is 13.0. The van der Waals surface area contributed by atoms with E-state index in [1.54, 1.807) is 30.3 Å². The third-order valence-corrected chi connectivity index (χ3v) is 4.97. The van der Waals surface area contributed by atoms with Gasteiger partial charge in [0.25, 0.3) is 5.91 Å². The van der Waals surface area contributed by atoms with Gasteiger partial charge in [-0.1, -0.05) is 22.9 Å². The fraction of sp³-hybridized carbons (Fsp3) is 0.0588. The second-order valence-electron chi connectivity index (χ2n) is 5.47. The Morgan fingerprint density at radius 2 is 2.15 bits per heavy atom. The van der Waals surface area contributed by atoms with E-state index in [2.05, 4.69) is 4.98 Å². The van der Waals surface area contributed by atoms with Crippen LogP contribution in [0.2, 0.25) is 5.02 Å². The van der Waals surface area contributed by atoms with Gasteiger partial charge in [0.05, 0.1) is 29.1 Å². The highest BCUT2D eigenvalue weighted by Gasteiger charge is 2.27. The molecule has 1 amide bonds. The maximum atomic E-state index is 13.0. The van der Waals surface area contributed by atoms with Gasteiger partial charge < -0.3 is 8.83 Å². The number of halogens is 1. The number of hydrogen-bond acceptors (Lipinski definition) is 7. The lowest BCUT2D eigenvalue weighted by Crippen LogP contribution is -2.29. The van der Waals surface area contributed by atoms with Crippen LogP contribution in [0, 0.1) is 10.1 Å². The second-order valence-corrected chi connectivity index (χ2v) is 6.92. The van der Waals surface area contributed by atoms with E-state index in [9.17, 15) is 14.9 Å². The molecule has 0 bridgehead atoms. The molecule has 0 saturated heterocycles. The molecule has 3 heterocycles. The van der Waals surface area contributed by atoms with Crippen molar-refractivity contribution in [1.82, 2.24) is 4.98 Å². The van der Waals surface area contributed by atoms with Gasteiger partial charge in [0.15, 0.2) is 10.9 Å². The normalized spacial score (nSPS) is 11.0. The summed E-state index contributed by atoms with van der Waals surface area (Å²) in [7, 11) is 0. The van der Waals surface area contributed by atoms with Gasteiger partial charge in [0.2, 0.25) is 0 Å². The highest BCUT2D eigenvalue weighted by atomic mass is 35.5. The van der Waals surface area contributed by atoms with E-state index in [4.69, 9.17) is 20.4 Å². The molecule has 0 aliphatic carbocycles. The molecule has 10 heteroatoms. The number of furan rings is 2. The van der Waals surface area contributed by atoms with Crippen molar-refractivity contribution in [1.29, 1.82) is 0 Å². The van der Waals surface area contributed by atoms with Gasteiger partial charge in [-0.05, 0) is 36.4 Å². The first-order valence-corrected chi connectivity index (χ1v) is 8.85. The van der Waals surface area contributed by atoms with Crippen LogP contribution in [0.15, 0.2) is 57.6 Å². The van der Waals surface area contributed by atoms with Gasteiger partial charge >= 0.3 is 5.88 Å². The molecule has 0 radical (unpaired) electrons. The summed E-state index contributed by atoms with van der Waals surface area (Å²) in [5, 5.41) is 11.8. The van der Waals surface area contributed by atoms with Gasteiger partial charge in [-0.2, -0.15) is 0 Å². The minimum Gasteiger partial charge on any atom is -0.467 e. The van der Waals surface area contributed by atoms with Crippen molar-refractivity contribution < 1.29 is 18.6 Å². The fourth-order valence-electron chi connectivity index (χ4n) is 2.46. The monoisotopic (exact) mass is 403 g/mol. The van der Waals surface area contributed by atoms with Gasteiger partial charge in [-0.25, -0.2) is 4.98 Å². The number of rotatable bonds is 5. The minimum atomic E-state index is -0.701. The molecule has 0 fully saturated rings. The first-order valence-electron chi connectivity index (χ1n) is 7.66. The Kier molecular flexibility index (Phi) is 4.38. The molecule has 3 aromatic heterocycles. The van der Waals surface area contributed by atoms with Crippen molar-refractivity contribution in [2.24, 2.45) is 0 Å². The number of carbonyl (C=O) groups is 1. The number of hydrogen-bond donors (Lipinski definition) is 0. The van der Waals surface area contributed by atoms with Crippen molar-refractivity contribution in [3.05, 3.63) is 75.4 Å². The first-order chi connectivity index (χ1) is 13.0. The largest absolute Gasteiger partial charge is 0.467 e. The van der Waals surface area contributed by atoms with Crippen molar-refractivity contribution in [3.63, 3.8) is 0 Å². The first kappa shape index (κ1) is 17.3. The number of fused-ring (bicyclic) bond motifs is 1. The summed E-state index contributed by atoms with van der Waals surface area (Å²) in [6, 6.07) is 11.0. The molecule has 0 atom stereocenters. The summed E-state index contributed by atoms with van der Waals surface area (Å²) >= 11 is 7.29. The number of benzene rings is 1. The van der Waals surface area contributed by atoms with E-state index >= 15 is 0 Å². The number of thiazole rings is 1. The molecular formula is C17H10ClN3O5S. The minimum absolute atomic E-state index is 0.0912. The summed E-state index contributed by atoms with van der Waals surface area (Å²) in [5.74, 6) is -0.704. The van der Waals surface area contributed by atoms with Gasteiger partial charge in [-0.3, -0.25) is 19.8 Å². The molecule has 8 nitrogen and oxygen atoms in total. The Morgan fingerprint density at radius 3 is 2.85 bits per heavy atom. The molecule has 4 aromatic rings. The summed E-state index contributed by atoms with van der Waals surface area (Å²) in [5.41, 5.74) is 0.682. The maximum Gasteiger partial charge on any atom is 0.433 e. The van der Waals surface area contributed by atoms with Crippen molar-refractivity contribution >= 4 is 50.1 Å².